The Labute approximate surface area is 105 Å². The zero-order valence-corrected chi connectivity index (χ0v) is 9.68. The molecule has 8 heteroatoms. The van der Waals surface area contributed by atoms with E-state index in [0.29, 0.717) is 23.5 Å². The highest BCUT2D eigenvalue weighted by Gasteiger charge is 2.17. The molecule has 0 saturated carbocycles. The lowest BCUT2D eigenvalue weighted by Crippen LogP contribution is -2.04. The zero-order chi connectivity index (χ0) is 14.0. The second-order valence-corrected chi connectivity index (χ2v) is 3.66. The number of aromatic nitrogens is 2. The van der Waals surface area contributed by atoms with Crippen LogP contribution in [-0.4, -0.2) is 21.4 Å². The number of halogens is 2. The molecule has 2 aromatic rings. The molecule has 1 aromatic carbocycles. The summed E-state index contributed by atoms with van der Waals surface area (Å²) in [7, 11) is 0. The summed E-state index contributed by atoms with van der Waals surface area (Å²) in [5, 5.41) is 15.6. The normalized spacial score (nSPS) is 10.5. The second kappa shape index (κ2) is 5.01. The van der Waals surface area contributed by atoms with Crippen LogP contribution in [-0.2, 0) is 6.61 Å². The molecule has 0 atom stereocenters. The summed E-state index contributed by atoms with van der Waals surface area (Å²) in [4.78, 5) is 10.6. The molecule has 0 unspecified atom stereocenters. The molecule has 1 heterocycles. The van der Waals surface area contributed by atoms with Crippen molar-refractivity contribution >= 4 is 5.97 Å². The maximum Gasteiger partial charge on any atom is 0.335 e. The van der Waals surface area contributed by atoms with Crippen molar-refractivity contribution in [1.29, 1.82) is 0 Å². The molecule has 0 amide bonds. The molecule has 0 saturated heterocycles. The molecule has 19 heavy (non-hydrogen) atoms. The van der Waals surface area contributed by atoms with E-state index in [1.165, 1.54) is 0 Å². The number of ether oxygens (including phenoxy) is 1. The van der Waals surface area contributed by atoms with E-state index in [0.717, 1.165) is 0 Å². The number of rotatable bonds is 4. The SMILES string of the molecule is Cc1nonc1COc1c(F)cc(C(=O)O)cc1F. The van der Waals surface area contributed by atoms with E-state index in [1.54, 1.807) is 6.92 Å². The summed E-state index contributed by atoms with van der Waals surface area (Å²) in [6.07, 6.45) is 0. The van der Waals surface area contributed by atoms with Gasteiger partial charge in [0.1, 0.15) is 18.0 Å². The van der Waals surface area contributed by atoms with E-state index in [-0.39, 0.29) is 6.61 Å². The Kier molecular flexibility index (Phi) is 3.41. The maximum absolute atomic E-state index is 13.5. The monoisotopic (exact) mass is 270 g/mol. The summed E-state index contributed by atoms with van der Waals surface area (Å²) in [6.45, 7) is 1.35. The first-order valence-corrected chi connectivity index (χ1v) is 5.12. The molecule has 1 N–H and O–H groups in total. The first-order valence-electron chi connectivity index (χ1n) is 5.12. The van der Waals surface area contributed by atoms with Crippen molar-refractivity contribution in [3.05, 3.63) is 40.7 Å². The third-order valence-electron chi connectivity index (χ3n) is 2.34. The third-order valence-corrected chi connectivity index (χ3v) is 2.34. The molecule has 0 aliphatic heterocycles. The minimum absolute atomic E-state index is 0.240. The fraction of sp³-hybridized carbons (Fsp3) is 0.182. The van der Waals surface area contributed by atoms with E-state index in [9.17, 15) is 13.6 Å². The molecular formula is C11H8F2N2O4. The lowest BCUT2D eigenvalue weighted by Gasteiger charge is -2.07. The smallest absolute Gasteiger partial charge is 0.335 e. The van der Waals surface area contributed by atoms with Crippen molar-refractivity contribution in [2.24, 2.45) is 0 Å². The molecule has 0 radical (unpaired) electrons. The van der Waals surface area contributed by atoms with Gasteiger partial charge in [-0.05, 0) is 19.1 Å². The highest BCUT2D eigenvalue weighted by Crippen LogP contribution is 2.24. The van der Waals surface area contributed by atoms with Gasteiger partial charge in [0, 0.05) is 0 Å². The van der Waals surface area contributed by atoms with Crippen LogP contribution in [0.4, 0.5) is 8.78 Å². The molecule has 1 aromatic heterocycles. The fourth-order valence-corrected chi connectivity index (χ4v) is 1.34. The van der Waals surface area contributed by atoms with Gasteiger partial charge < -0.3 is 9.84 Å². The van der Waals surface area contributed by atoms with Gasteiger partial charge in [0.05, 0.1) is 5.56 Å². The average molecular weight is 270 g/mol. The van der Waals surface area contributed by atoms with Crippen LogP contribution >= 0.6 is 0 Å². The van der Waals surface area contributed by atoms with Crippen LogP contribution < -0.4 is 4.74 Å². The molecule has 0 fully saturated rings. The van der Waals surface area contributed by atoms with Crippen LogP contribution in [0, 0.1) is 18.6 Å². The topological polar surface area (TPSA) is 85.5 Å². The van der Waals surface area contributed by atoms with Gasteiger partial charge >= 0.3 is 5.97 Å². The Morgan fingerprint density at radius 3 is 2.47 bits per heavy atom. The summed E-state index contributed by atoms with van der Waals surface area (Å²) in [5.74, 6) is -4.31. The van der Waals surface area contributed by atoms with E-state index < -0.39 is 28.9 Å². The molecule has 2 rings (SSSR count). The Hall–Kier alpha value is -2.51. The number of benzene rings is 1. The van der Waals surface area contributed by atoms with Gasteiger partial charge in [-0.15, -0.1) is 0 Å². The molecular weight excluding hydrogens is 262 g/mol. The van der Waals surface area contributed by atoms with Gasteiger partial charge in [-0.1, -0.05) is 10.3 Å². The van der Waals surface area contributed by atoms with Gasteiger partial charge in [-0.25, -0.2) is 18.2 Å². The first-order chi connectivity index (χ1) is 8.99. The lowest BCUT2D eigenvalue weighted by atomic mass is 10.2. The van der Waals surface area contributed by atoms with Crippen LogP contribution in [0.15, 0.2) is 16.8 Å². The van der Waals surface area contributed by atoms with Crippen LogP contribution in [0.1, 0.15) is 21.7 Å². The van der Waals surface area contributed by atoms with Crippen LogP contribution in [0.5, 0.6) is 5.75 Å². The number of aryl methyl sites for hydroxylation is 1. The molecule has 0 aliphatic rings. The van der Waals surface area contributed by atoms with Crippen LogP contribution in [0.3, 0.4) is 0 Å². The summed E-state index contributed by atoms with van der Waals surface area (Å²) < 4.78 is 36.3. The number of hydrogen-bond donors (Lipinski definition) is 1. The number of aromatic carboxylic acids is 1. The third kappa shape index (κ3) is 2.67. The Balaban J connectivity index is 2.21. The molecule has 0 aliphatic carbocycles. The number of carboxylic acids is 1. The zero-order valence-electron chi connectivity index (χ0n) is 9.68. The van der Waals surface area contributed by atoms with Crippen molar-refractivity contribution in [2.45, 2.75) is 13.5 Å². The van der Waals surface area contributed by atoms with Crippen molar-refractivity contribution < 1.29 is 28.0 Å². The molecule has 100 valence electrons. The Morgan fingerprint density at radius 1 is 1.37 bits per heavy atom. The highest BCUT2D eigenvalue weighted by molar-refractivity contribution is 5.87. The van der Waals surface area contributed by atoms with E-state index >= 15 is 0 Å². The molecule has 0 spiro atoms. The predicted octanol–water partition coefficient (Wildman–Crippen LogP) is 1.93. The van der Waals surface area contributed by atoms with E-state index in [1.807, 2.05) is 0 Å². The maximum atomic E-state index is 13.5. The minimum Gasteiger partial charge on any atom is -0.481 e. The quantitative estimate of drug-likeness (QED) is 0.913. The Bertz CT molecular complexity index is 604. The largest absolute Gasteiger partial charge is 0.481 e. The van der Waals surface area contributed by atoms with Gasteiger partial charge in [0.2, 0.25) is 0 Å². The minimum atomic E-state index is -1.43. The Morgan fingerprint density at radius 2 is 2.00 bits per heavy atom. The number of carboxylic acid groups (broad SMARTS) is 1. The highest BCUT2D eigenvalue weighted by atomic mass is 19.1. The van der Waals surface area contributed by atoms with Crippen molar-refractivity contribution in [3.63, 3.8) is 0 Å². The van der Waals surface area contributed by atoms with Crippen LogP contribution in [0.2, 0.25) is 0 Å². The van der Waals surface area contributed by atoms with E-state index in [2.05, 4.69) is 14.9 Å². The molecule has 6 nitrogen and oxygen atoms in total. The van der Waals surface area contributed by atoms with Gasteiger partial charge in [-0.3, -0.25) is 0 Å². The first kappa shape index (κ1) is 12.9. The summed E-state index contributed by atoms with van der Waals surface area (Å²) in [6, 6.07) is 1.35. The fourth-order valence-electron chi connectivity index (χ4n) is 1.34. The summed E-state index contributed by atoms with van der Waals surface area (Å²) >= 11 is 0. The average Bonchev–Trinajstić information content (AvgIpc) is 2.73. The van der Waals surface area contributed by atoms with Crippen molar-refractivity contribution in [1.82, 2.24) is 10.3 Å². The number of carbonyl (C=O) groups is 1. The van der Waals surface area contributed by atoms with Gasteiger partial charge in [0.15, 0.2) is 17.4 Å². The number of hydrogen-bond acceptors (Lipinski definition) is 5. The molecule has 0 bridgehead atoms. The lowest BCUT2D eigenvalue weighted by molar-refractivity contribution is 0.0695. The van der Waals surface area contributed by atoms with Crippen LogP contribution in [0.25, 0.3) is 0 Å². The van der Waals surface area contributed by atoms with Crippen molar-refractivity contribution in [3.8, 4) is 5.75 Å². The predicted molar refractivity (Wildman–Crippen MR) is 56.7 cm³/mol. The summed E-state index contributed by atoms with van der Waals surface area (Å²) in [5.41, 5.74) is 0.228. The van der Waals surface area contributed by atoms with E-state index in [4.69, 9.17) is 9.84 Å². The number of nitrogens with zero attached hydrogens (tertiary/aromatic N) is 2. The van der Waals surface area contributed by atoms with Crippen molar-refractivity contribution in [2.75, 3.05) is 0 Å². The van der Waals surface area contributed by atoms with Gasteiger partial charge in [-0.2, -0.15) is 0 Å². The standard InChI is InChI=1S/C11H8F2N2O4/c1-5-9(15-19-14-5)4-18-10-7(12)2-6(11(16)17)3-8(10)13/h2-3H,4H2,1H3,(H,16,17). The van der Waals surface area contributed by atoms with Gasteiger partial charge in [0.25, 0.3) is 0 Å². The second-order valence-electron chi connectivity index (χ2n) is 3.66.